The topological polar surface area (TPSA) is 76.2 Å². The first kappa shape index (κ1) is 20.1. The molecule has 158 valence electrons. The van der Waals surface area contributed by atoms with Gasteiger partial charge in [0.25, 0.3) is 0 Å². The minimum atomic E-state index is -2.38. The number of H-pyrrole nitrogens is 1. The predicted octanol–water partition coefficient (Wildman–Crippen LogP) is 5.58. The molecule has 0 amide bonds. The Hall–Kier alpha value is -4.15. The summed E-state index contributed by atoms with van der Waals surface area (Å²) in [5, 5.41) is 3.57. The largest absolute Gasteiger partial charge is 0.520 e. The highest BCUT2D eigenvalue weighted by molar-refractivity contribution is 5.98. The molecule has 0 saturated heterocycles. The molecule has 4 rings (SSSR count). The zero-order valence-corrected chi connectivity index (χ0v) is 15.2. The van der Waals surface area contributed by atoms with Crippen molar-refractivity contribution in [1.82, 2.24) is 9.97 Å². The fourth-order valence-electron chi connectivity index (χ4n) is 2.76. The second-order valence-electron chi connectivity index (χ2n) is 6.09. The highest BCUT2D eigenvalue weighted by Gasteiger charge is 2.29. The number of para-hydroxylation sites is 1. The fraction of sp³-hybridized carbons (Fsp3) is 0. The van der Waals surface area contributed by atoms with Crippen molar-refractivity contribution in [3.8, 4) is 11.6 Å². The summed E-state index contributed by atoms with van der Waals surface area (Å²) >= 11 is 0. The molecular formula is C20H10F5N3O3. The van der Waals surface area contributed by atoms with Crippen molar-refractivity contribution in [1.29, 1.82) is 0 Å². The summed E-state index contributed by atoms with van der Waals surface area (Å²) < 4.78 is 76.5. The van der Waals surface area contributed by atoms with Crippen LogP contribution in [0.3, 0.4) is 0 Å². The third-order valence-corrected chi connectivity index (χ3v) is 4.16. The van der Waals surface area contributed by atoms with E-state index in [0.717, 1.165) is 0 Å². The Morgan fingerprint density at radius 3 is 2.13 bits per heavy atom. The number of anilines is 2. The van der Waals surface area contributed by atoms with Crippen molar-refractivity contribution >= 4 is 28.4 Å². The molecule has 0 aliphatic carbocycles. The Bertz CT molecular complexity index is 1270. The number of hydrogen-bond acceptors (Lipinski definition) is 5. The minimum absolute atomic E-state index is 0.216. The molecular weight excluding hydrogens is 425 g/mol. The molecule has 11 heteroatoms. The van der Waals surface area contributed by atoms with Gasteiger partial charge < -0.3 is 19.8 Å². The van der Waals surface area contributed by atoms with Gasteiger partial charge in [0.05, 0.1) is 5.52 Å². The van der Waals surface area contributed by atoms with Crippen molar-refractivity contribution in [3.05, 3.63) is 77.9 Å². The number of rotatable bonds is 4. The number of fused-ring (bicyclic) bond motifs is 1. The van der Waals surface area contributed by atoms with Gasteiger partial charge >= 0.3 is 6.16 Å². The predicted molar refractivity (Wildman–Crippen MR) is 98.7 cm³/mol. The lowest BCUT2D eigenvalue weighted by molar-refractivity contribution is 0.144. The average molecular weight is 435 g/mol. The molecule has 0 saturated carbocycles. The van der Waals surface area contributed by atoms with E-state index in [0.29, 0.717) is 16.6 Å². The Balaban J connectivity index is 1.66. The van der Waals surface area contributed by atoms with Crippen LogP contribution in [0.15, 0.2) is 48.8 Å². The molecule has 4 aromatic rings. The van der Waals surface area contributed by atoms with Crippen LogP contribution in [0, 0.1) is 29.1 Å². The minimum Gasteiger partial charge on any atom is -0.388 e. The Morgan fingerprint density at radius 2 is 1.45 bits per heavy atom. The SMILES string of the molecule is O=C(Oc1[nH]c2ccccc2c1Nc1ccncc1)Oc1c(F)c(F)c(F)c(F)c1F. The lowest BCUT2D eigenvalue weighted by Gasteiger charge is -2.10. The van der Waals surface area contributed by atoms with Gasteiger partial charge in [-0.25, -0.2) is 18.0 Å². The van der Waals surface area contributed by atoms with Gasteiger partial charge in [0.2, 0.25) is 40.7 Å². The van der Waals surface area contributed by atoms with Crippen LogP contribution < -0.4 is 14.8 Å². The first-order valence-corrected chi connectivity index (χ1v) is 8.55. The Labute approximate surface area is 170 Å². The van der Waals surface area contributed by atoms with Gasteiger partial charge in [0.1, 0.15) is 5.69 Å². The first-order chi connectivity index (χ1) is 14.9. The van der Waals surface area contributed by atoms with E-state index < -0.39 is 41.0 Å². The van der Waals surface area contributed by atoms with Crippen LogP contribution in [0.25, 0.3) is 10.9 Å². The summed E-state index contributed by atoms with van der Waals surface area (Å²) in [7, 11) is 0. The van der Waals surface area contributed by atoms with Gasteiger partial charge in [0, 0.05) is 23.5 Å². The second kappa shape index (κ2) is 7.94. The summed E-state index contributed by atoms with van der Waals surface area (Å²) in [5.74, 6) is -13.5. The fourth-order valence-corrected chi connectivity index (χ4v) is 2.76. The van der Waals surface area contributed by atoms with Gasteiger partial charge in [-0.15, -0.1) is 0 Å². The highest BCUT2D eigenvalue weighted by atomic mass is 19.2. The molecule has 2 N–H and O–H groups in total. The molecule has 2 heterocycles. The molecule has 0 unspecified atom stereocenters. The highest BCUT2D eigenvalue weighted by Crippen LogP contribution is 2.36. The van der Waals surface area contributed by atoms with E-state index in [1.54, 1.807) is 36.4 Å². The Kier molecular flexibility index (Phi) is 5.15. The maximum absolute atomic E-state index is 13.8. The second-order valence-corrected chi connectivity index (χ2v) is 6.09. The quantitative estimate of drug-likeness (QED) is 0.144. The number of halogens is 5. The van der Waals surface area contributed by atoms with Crippen LogP contribution >= 0.6 is 0 Å². The van der Waals surface area contributed by atoms with Crippen LogP contribution in [-0.4, -0.2) is 16.1 Å². The summed E-state index contributed by atoms with van der Waals surface area (Å²) in [5.41, 5.74) is 1.35. The van der Waals surface area contributed by atoms with E-state index >= 15 is 0 Å². The van der Waals surface area contributed by atoms with E-state index in [9.17, 15) is 26.7 Å². The number of carbonyl (C=O) groups excluding carboxylic acids is 1. The molecule has 0 radical (unpaired) electrons. The first-order valence-electron chi connectivity index (χ1n) is 8.55. The summed E-state index contributed by atoms with van der Waals surface area (Å²) in [6.45, 7) is 0. The molecule has 31 heavy (non-hydrogen) atoms. The molecule has 0 atom stereocenters. The third-order valence-electron chi connectivity index (χ3n) is 4.16. The maximum atomic E-state index is 13.8. The van der Waals surface area contributed by atoms with Crippen LogP contribution in [0.1, 0.15) is 0 Å². The van der Waals surface area contributed by atoms with Crippen molar-refractivity contribution in [3.63, 3.8) is 0 Å². The monoisotopic (exact) mass is 435 g/mol. The van der Waals surface area contributed by atoms with Gasteiger partial charge in [-0.3, -0.25) is 4.98 Å². The van der Waals surface area contributed by atoms with Crippen LogP contribution in [-0.2, 0) is 0 Å². The number of pyridine rings is 1. The molecule has 2 aromatic heterocycles. The van der Waals surface area contributed by atoms with Crippen LogP contribution in [0.4, 0.5) is 38.1 Å². The number of carbonyl (C=O) groups is 1. The third kappa shape index (κ3) is 3.72. The zero-order chi connectivity index (χ0) is 22.1. The zero-order valence-electron chi connectivity index (χ0n) is 15.2. The normalized spacial score (nSPS) is 10.9. The maximum Gasteiger partial charge on any atom is 0.520 e. The molecule has 0 aliphatic heterocycles. The molecule has 2 aromatic carbocycles. The average Bonchev–Trinajstić information content (AvgIpc) is 3.11. The lowest BCUT2D eigenvalue weighted by Crippen LogP contribution is -2.18. The smallest absolute Gasteiger partial charge is 0.388 e. The van der Waals surface area contributed by atoms with E-state index in [2.05, 4.69) is 20.0 Å². The van der Waals surface area contributed by atoms with Gasteiger partial charge in [-0.2, -0.15) is 8.78 Å². The summed E-state index contributed by atoms with van der Waals surface area (Å²) in [6.07, 6.45) is 1.29. The van der Waals surface area contributed by atoms with Crippen molar-refractivity contribution in [2.75, 3.05) is 5.32 Å². The van der Waals surface area contributed by atoms with Crippen LogP contribution in [0.2, 0.25) is 0 Å². The van der Waals surface area contributed by atoms with Gasteiger partial charge in [-0.05, 0) is 18.2 Å². The molecule has 0 spiro atoms. The van der Waals surface area contributed by atoms with Crippen molar-refractivity contribution in [2.45, 2.75) is 0 Å². The molecule has 0 aliphatic rings. The van der Waals surface area contributed by atoms with E-state index in [4.69, 9.17) is 4.74 Å². The number of ether oxygens (including phenoxy) is 2. The number of nitrogens with zero attached hydrogens (tertiary/aromatic N) is 1. The van der Waals surface area contributed by atoms with Crippen molar-refractivity contribution < 1.29 is 36.2 Å². The number of benzene rings is 2. The number of hydrogen-bond donors (Lipinski definition) is 2. The van der Waals surface area contributed by atoms with E-state index in [1.807, 2.05) is 0 Å². The number of nitrogens with one attached hydrogen (secondary N) is 2. The van der Waals surface area contributed by atoms with Gasteiger partial charge in [-0.1, -0.05) is 18.2 Å². The summed E-state index contributed by atoms with van der Waals surface area (Å²) in [4.78, 5) is 18.7. The number of aromatic nitrogens is 2. The summed E-state index contributed by atoms with van der Waals surface area (Å²) in [6, 6.07) is 10.0. The Morgan fingerprint density at radius 1 is 0.839 bits per heavy atom. The number of aromatic amines is 1. The van der Waals surface area contributed by atoms with E-state index in [1.165, 1.54) is 12.4 Å². The lowest BCUT2D eigenvalue weighted by atomic mass is 10.2. The van der Waals surface area contributed by atoms with Gasteiger partial charge in [0.15, 0.2) is 0 Å². The molecule has 6 nitrogen and oxygen atoms in total. The van der Waals surface area contributed by atoms with E-state index in [-0.39, 0.29) is 11.6 Å². The molecule has 0 fully saturated rings. The molecule has 0 bridgehead atoms. The van der Waals surface area contributed by atoms with Crippen molar-refractivity contribution in [2.24, 2.45) is 0 Å². The standard InChI is InChI=1S/C20H10F5N3O3/c21-12-13(22)15(24)18(16(25)14(12)23)30-20(29)31-19-17(27-9-5-7-26-8-6-9)10-3-1-2-4-11(10)28-19/h1-8,28H,(H,26,27). The van der Waals surface area contributed by atoms with Crippen LogP contribution in [0.5, 0.6) is 11.6 Å².